The molecule has 21 heavy (non-hydrogen) atoms. The van der Waals surface area contributed by atoms with Crippen molar-refractivity contribution < 1.29 is 9.13 Å². The summed E-state index contributed by atoms with van der Waals surface area (Å²) in [4.78, 5) is 5.95. The third-order valence-corrected chi connectivity index (χ3v) is 3.46. The van der Waals surface area contributed by atoms with Gasteiger partial charge in [-0.2, -0.15) is 0 Å². The Morgan fingerprint density at radius 1 is 1.52 bits per heavy atom. The Balaban J connectivity index is 1.85. The summed E-state index contributed by atoms with van der Waals surface area (Å²) in [6, 6.07) is 5.09. The molecular formula is C15H23FN4O. The number of rotatable bonds is 5. The molecule has 0 aromatic heterocycles. The van der Waals surface area contributed by atoms with E-state index in [1.807, 2.05) is 20.2 Å². The van der Waals surface area contributed by atoms with E-state index in [1.165, 1.54) is 6.07 Å². The second-order valence-electron chi connectivity index (χ2n) is 5.40. The van der Waals surface area contributed by atoms with Gasteiger partial charge in [0.05, 0.1) is 18.3 Å². The van der Waals surface area contributed by atoms with Crippen molar-refractivity contribution in [2.45, 2.75) is 25.5 Å². The lowest BCUT2D eigenvalue weighted by atomic mass is 10.2. The van der Waals surface area contributed by atoms with Crippen molar-refractivity contribution in [1.29, 1.82) is 0 Å². The van der Waals surface area contributed by atoms with Gasteiger partial charge in [-0.1, -0.05) is 6.07 Å². The van der Waals surface area contributed by atoms with Crippen LogP contribution >= 0.6 is 0 Å². The highest BCUT2D eigenvalue weighted by Crippen LogP contribution is 2.18. The van der Waals surface area contributed by atoms with Gasteiger partial charge in [0.1, 0.15) is 5.82 Å². The van der Waals surface area contributed by atoms with Crippen molar-refractivity contribution in [2.75, 3.05) is 32.1 Å². The van der Waals surface area contributed by atoms with Crippen molar-refractivity contribution >= 4 is 11.6 Å². The van der Waals surface area contributed by atoms with Crippen molar-refractivity contribution in [3.8, 4) is 0 Å². The molecule has 2 rings (SSSR count). The molecule has 1 atom stereocenters. The van der Waals surface area contributed by atoms with Crippen LogP contribution in [0.5, 0.6) is 0 Å². The minimum atomic E-state index is -0.251. The highest BCUT2D eigenvalue weighted by atomic mass is 19.1. The van der Waals surface area contributed by atoms with E-state index < -0.39 is 0 Å². The van der Waals surface area contributed by atoms with Gasteiger partial charge in [-0.05, 0) is 30.5 Å². The lowest BCUT2D eigenvalue weighted by Crippen LogP contribution is -2.37. The molecule has 0 saturated carbocycles. The van der Waals surface area contributed by atoms with Crippen LogP contribution in [0.2, 0.25) is 0 Å². The lowest BCUT2D eigenvalue weighted by Gasteiger charge is -2.14. The molecule has 1 aromatic carbocycles. The zero-order valence-electron chi connectivity index (χ0n) is 12.6. The van der Waals surface area contributed by atoms with Crippen LogP contribution < -0.4 is 16.0 Å². The normalized spacial score (nSPS) is 18.8. The molecule has 0 amide bonds. The molecule has 1 heterocycles. The Kier molecular flexibility index (Phi) is 5.38. The van der Waals surface area contributed by atoms with Gasteiger partial charge >= 0.3 is 0 Å². The van der Waals surface area contributed by atoms with E-state index in [4.69, 9.17) is 10.5 Å². The zero-order valence-corrected chi connectivity index (χ0v) is 12.6. The largest absolute Gasteiger partial charge is 0.376 e. The van der Waals surface area contributed by atoms with Crippen LogP contribution in [0.1, 0.15) is 18.4 Å². The monoisotopic (exact) mass is 294 g/mol. The van der Waals surface area contributed by atoms with E-state index >= 15 is 0 Å². The first kappa shape index (κ1) is 15.6. The third-order valence-electron chi connectivity index (χ3n) is 3.46. The maximum Gasteiger partial charge on any atom is 0.189 e. The van der Waals surface area contributed by atoms with Crippen molar-refractivity contribution in [2.24, 2.45) is 10.7 Å². The average molecular weight is 294 g/mol. The molecule has 1 aliphatic rings. The van der Waals surface area contributed by atoms with Crippen LogP contribution in [0.4, 0.5) is 10.1 Å². The molecule has 116 valence electrons. The predicted molar refractivity (Wildman–Crippen MR) is 83.0 cm³/mol. The molecule has 0 spiro atoms. The fourth-order valence-electron chi connectivity index (χ4n) is 2.27. The topological polar surface area (TPSA) is 62.9 Å². The summed E-state index contributed by atoms with van der Waals surface area (Å²) in [6.07, 6.45) is 2.37. The molecule has 1 saturated heterocycles. The van der Waals surface area contributed by atoms with Gasteiger partial charge in [0, 0.05) is 27.2 Å². The average Bonchev–Trinajstić information content (AvgIpc) is 2.95. The van der Waals surface area contributed by atoms with Gasteiger partial charge in [-0.15, -0.1) is 0 Å². The molecule has 1 unspecified atom stereocenters. The Morgan fingerprint density at radius 3 is 2.95 bits per heavy atom. The highest BCUT2D eigenvalue weighted by molar-refractivity contribution is 5.77. The van der Waals surface area contributed by atoms with Gasteiger partial charge in [0.2, 0.25) is 0 Å². The SMILES string of the molecule is CN(C)c1ccc(CN=C(N)NCC2CCCO2)cc1F. The molecule has 1 aromatic rings. The first-order valence-corrected chi connectivity index (χ1v) is 7.17. The van der Waals surface area contributed by atoms with E-state index in [0.29, 0.717) is 24.7 Å². The number of benzene rings is 1. The molecule has 1 fully saturated rings. The maximum atomic E-state index is 13.8. The van der Waals surface area contributed by atoms with Crippen molar-refractivity contribution in [3.05, 3.63) is 29.6 Å². The van der Waals surface area contributed by atoms with E-state index in [9.17, 15) is 4.39 Å². The number of hydrogen-bond acceptors (Lipinski definition) is 3. The van der Waals surface area contributed by atoms with Gasteiger partial charge in [-0.25, -0.2) is 9.38 Å². The lowest BCUT2D eigenvalue weighted by molar-refractivity contribution is 0.114. The van der Waals surface area contributed by atoms with Crippen LogP contribution in [-0.2, 0) is 11.3 Å². The van der Waals surface area contributed by atoms with Crippen LogP contribution in [0.15, 0.2) is 23.2 Å². The molecule has 0 aliphatic carbocycles. The maximum absolute atomic E-state index is 13.8. The van der Waals surface area contributed by atoms with E-state index in [0.717, 1.165) is 25.0 Å². The number of hydrogen-bond donors (Lipinski definition) is 2. The third kappa shape index (κ3) is 4.60. The number of nitrogens with two attached hydrogens (primary N) is 1. The van der Waals surface area contributed by atoms with Crippen LogP contribution in [-0.4, -0.2) is 39.3 Å². The zero-order chi connectivity index (χ0) is 15.2. The molecule has 6 heteroatoms. The number of guanidine groups is 1. The number of nitrogens with one attached hydrogen (secondary N) is 1. The van der Waals surface area contributed by atoms with E-state index in [1.54, 1.807) is 11.0 Å². The highest BCUT2D eigenvalue weighted by Gasteiger charge is 2.14. The Morgan fingerprint density at radius 2 is 2.33 bits per heavy atom. The summed E-state index contributed by atoms with van der Waals surface area (Å²) in [5, 5.41) is 3.04. The summed E-state index contributed by atoms with van der Waals surface area (Å²) in [5.41, 5.74) is 7.15. The summed E-state index contributed by atoms with van der Waals surface area (Å²) >= 11 is 0. The number of nitrogens with zero attached hydrogens (tertiary/aromatic N) is 2. The standard InChI is InChI=1S/C15H23FN4O/c1-20(2)14-6-5-11(8-13(14)16)9-18-15(17)19-10-12-4-3-7-21-12/h5-6,8,12H,3-4,7,9-10H2,1-2H3,(H3,17,18,19). The summed E-state index contributed by atoms with van der Waals surface area (Å²) in [7, 11) is 3.62. The molecule has 3 N–H and O–H groups in total. The Hall–Kier alpha value is -1.82. The molecular weight excluding hydrogens is 271 g/mol. The van der Waals surface area contributed by atoms with Crippen molar-refractivity contribution in [3.63, 3.8) is 0 Å². The fraction of sp³-hybridized carbons (Fsp3) is 0.533. The number of halogens is 1. The van der Waals surface area contributed by atoms with Gasteiger partial charge < -0.3 is 20.7 Å². The summed E-state index contributed by atoms with van der Waals surface area (Å²) in [6.45, 7) is 1.85. The first-order chi connectivity index (χ1) is 10.1. The summed E-state index contributed by atoms with van der Waals surface area (Å²) in [5.74, 6) is 0.112. The minimum absolute atomic E-state index is 0.218. The predicted octanol–water partition coefficient (Wildman–Crippen LogP) is 1.48. The van der Waals surface area contributed by atoms with Crippen molar-refractivity contribution in [1.82, 2.24) is 5.32 Å². The summed E-state index contributed by atoms with van der Waals surface area (Å²) < 4.78 is 19.3. The van der Waals surface area contributed by atoms with Crippen LogP contribution in [0.3, 0.4) is 0 Å². The van der Waals surface area contributed by atoms with Gasteiger partial charge in [0.25, 0.3) is 0 Å². The molecule has 1 aliphatic heterocycles. The molecule has 5 nitrogen and oxygen atoms in total. The Labute approximate surface area is 125 Å². The quantitative estimate of drug-likeness (QED) is 0.638. The first-order valence-electron chi connectivity index (χ1n) is 7.17. The second kappa shape index (κ2) is 7.26. The minimum Gasteiger partial charge on any atom is -0.376 e. The van der Waals surface area contributed by atoms with E-state index in [2.05, 4.69) is 10.3 Å². The van der Waals surface area contributed by atoms with E-state index in [-0.39, 0.29) is 11.9 Å². The second-order valence-corrected chi connectivity index (χ2v) is 5.40. The van der Waals surface area contributed by atoms with Crippen LogP contribution in [0, 0.1) is 5.82 Å². The fourth-order valence-corrected chi connectivity index (χ4v) is 2.27. The molecule has 0 radical (unpaired) electrons. The molecule has 0 bridgehead atoms. The van der Waals surface area contributed by atoms with Gasteiger partial charge in [-0.3, -0.25) is 0 Å². The smallest absolute Gasteiger partial charge is 0.189 e. The number of ether oxygens (including phenoxy) is 1. The van der Waals surface area contributed by atoms with Gasteiger partial charge in [0.15, 0.2) is 5.96 Å². The number of aliphatic imine (C=N–C) groups is 1. The van der Waals surface area contributed by atoms with Crippen LogP contribution in [0.25, 0.3) is 0 Å². The number of anilines is 1. The Bertz CT molecular complexity index is 498.